The summed E-state index contributed by atoms with van der Waals surface area (Å²) in [6, 6.07) is 6.74. The Hall–Kier alpha value is -1.84. The molecule has 0 aromatic heterocycles. The van der Waals surface area contributed by atoms with Gasteiger partial charge < -0.3 is 9.47 Å². The van der Waals surface area contributed by atoms with Gasteiger partial charge in [-0.3, -0.25) is 9.59 Å². The third kappa shape index (κ3) is 4.68. The van der Waals surface area contributed by atoms with Crippen LogP contribution in [-0.2, 0) is 9.59 Å². The van der Waals surface area contributed by atoms with Gasteiger partial charge in [0, 0.05) is 6.42 Å². The predicted octanol–water partition coefficient (Wildman–Crippen LogP) is 3.73. The maximum absolute atomic E-state index is 12.0. The molecule has 1 aromatic carbocycles. The highest BCUT2D eigenvalue weighted by atomic mass is 16.6. The van der Waals surface area contributed by atoms with E-state index < -0.39 is 0 Å². The van der Waals surface area contributed by atoms with Crippen molar-refractivity contribution in [3.8, 4) is 11.5 Å². The summed E-state index contributed by atoms with van der Waals surface area (Å²) in [6.07, 6.45) is 2.52. The Balaban J connectivity index is 2.80. The first-order valence-corrected chi connectivity index (χ1v) is 7.13. The molecule has 0 saturated carbocycles. The van der Waals surface area contributed by atoms with Gasteiger partial charge in [0.05, 0.1) is 5.92 Å². The summed E-state index contributed by atoms with van der Waals surface area (Å²) in [5.41, 5.74) is 0. The monoisotopic (exact) mass is 278 g/mol. The molecule has 0 fully saturated rings. The highest BCUT2D eigenvalue weighted by Crippen LogP contribution is 2.28. The van der Waals surface area contributed by atoms with Crippen molar-refractivity contribution < 1.29 is 19.1 Å². The van der Waals surface area contributed by atoms with Gasteiger partial charge in [-0.25, -0.2) is 0 Å². The van der Waals surface area contributed by atoms with E-state index in [0.29, 0.717) is 24.3 Å². The fraction of sp³-hybridized carbons (Fsp3) is 0.500. The molecule has 0 saturated heterocycles. The van der Waals surface area contributed by atoms with Crippen LogP contribution in [0.3, 0.4) is 0 Å². The van der Waals surface area contributed by atoms with E-state index in [4.69, 9.17) is 9.47 Å². The van der Waals surface area contributed by atoms with Crippen LogP contribution in [0.2, 0.25) is 0 Å². The molecule has 4 heteroatoms. The molecule has 0 unspecified atom stereocenters. The maximum atomic E-state index is 12.0. The highest BCUT2D eigenvalue weighted by molar-refractivity contribution is 5.77. The van der Waals surface area contributed by atoms with Crippen molar-refractivity contribution in [2.24, 2.45) is 5.92 Å². The molecule has 1 aromatic rings. The zero-order chi connectivity index (χ0) is 15.0. The van der Waals surface area contributed by atoms with Gasteiger partial charge in [-0.05, 0) is 31.4 Å². The number of hydrogen-bond acceptors (Lipinski definition) is 4. The van der Waals surface area contributed by atoms with Crippen molar-refractivity contribution in [3.63, 3.8) is 0 Å². The van der Waals surface area contributed by atoms with Crippen molar-refractivity contribution in [3.05, 3.63) is 24.3 Å². The predicted molar refractivity (Wildman–Crippen MR) is 76.7 cm³/mol. The number of carbonyl (C=O) groups is 2. The fourth-order valence-electron chi connectivity index (χ4n) is 1.81. The van der Waals surface area contributed by atoms with Crippen LogP contribution in [0.25, 0.3) is 0 Å². The molecular formula is C16H22O4. The zero-order valence-electron chi connectivity index (χ0n) is 12.3. The minimum atomic E-state index is -0.321. The van der Waals surface area contributed by atoms with Crippen molar-refractivity contribution in [2.75, 3.05) is 0 Å². The second kappa shape index (κ2) is 8.35. The third-order valence-corrected chi connectivity index (χ3v) is 3.06. The van der Waals surface area contributed by atoms with E-state index in [1.165, 1.54) is 0 Å². The number of benzene rings is 1. The highest BCUT2D eigenvalue weighted by Gasteiger charge is 2.19. The first-order chi connectivity index (χ1) is 9.62. The zero-order valence-corrected chi connectivity index (χ0v) is 12.3. The summed E-state index contributed by atoms with van der Waals surface area (Å²) in [5.74, 6) is -0.138. The lowest BCUT2D eigenvalue weighted by Gasteiger charge is -2.14. The minimum absolute atomic E-state index is 0.130. The van der Waals surface area contributed by atoms with Crippen LogP contribution in [0.5, 0.6) is 11.5 Å². The van der Waals surface area contributed by atoms with Gasteiger partial charge in [0.25, 0.3) is 0 Å². The third-order valence-electron chi connectivity index (χ3n) is 3.06. The van der Waals surface area contributed by atoms with Crippen molar-refractivity contribution in [1.29, 1.82) is 0 Å². The summed E-state index contributed by atoms with van der Waals surface area (Å²) in [5, 5.41) is 0. The Morgan fingerprint density at radius 3 is 2.05 bits per heavy atom. The normalized spacial score (nSPS) is 10.4. The van der Waals surface area contributed by atoms with E-state index in [1.54, 1.807) is 24.3 Å². The number of para-hydroxylation sites is 2. The van der Waals surface area contributed by atoms with Gasteiger partial charge in [-0.15, -0.1) is 0 Å². The smallest absolute Gasteiger partial charge is 0.314 e. The Labute approximate surface area is 120 Å². The minimum Gasteiger partial charge on any atom is -0.423 e. The van der Waals surface area contributed by atoms with E-state index >= 15 is 0 Å². The van der Waals surface area contributed by atoms with Gasteiger partial charge in [0.1, 0.15) is 0 Å². The molecule has 110 valence electrons. The SMILES string of the molecule is CCCC(=O)Oc1ccccc1OC(=O)C(CC)CC. The number of rotatable bonds is 7. The van der Waals surface area contributed by atoms with Crippen LogP contribution < -0.4 is 9.47 Å². The summed E-state index contributed by atoms with van der Waals surface area (Å²) >= 11 is 0. The van der Waals surface area contributed by atoms with Gasteiger partial charge >= 0.3 is 11.9 Å². The topological polar surface area (TPSA) is 52.6 Å². The molecule has 20 heavy (non-hydrogen) atoms. The number of ether oxygens (including phenoxy) is 2. The summed E-state index contributed by atoms with van der Waals surface area (Å²) in [4.78, 5) is 23.5. The molecular weight excluding hydrogens is 256 g/mol. The Morgan fingerprint density at radius 2 is 1.55 bits per heavy atom. The lowest BCUT2D eigenvalue weighted by Crippen LogP contribution is -2.20. The van der Waals surface area contributed by atoms with Crippen LogP contribution in [0.4, 0.5) is 0 Å². The summed E-state index contributed by atoms with van der Waals surface area (Å²) in [6.45, 7) is 5.80. The maximum Gasteiger partial charge on any atom is 0.314 e. The van der Waals surface area contributed by atoms with Crippen LogP contribution >= 0.6 is 0 Å². The first kappa shape index (κ1) is 16.2. The number of carbonyl (C=O) groups excluding carboxylic acids is 2. The summed E-state index contributed by atoms with van der Waals surface area (Å²) in [7, 11) is 0. The van der Waals surface area contributed by atoms with Gasteiger partial charge in [-0.1, -0.05) is 32.9 Å². The number of esters is 2. The van der Waals surface area contributed by atoms with Crippen LogP contribution in [0, 0.1) is 5.92 Å². The second-order valence-corrected chi connectivity index (χ2v) is 4.61. The molecule has 4 nitrogen and oxygen atoms in total. The Bertz CT molecular complexity index is 450. The average molecular weight is 278 g/mol. The lowest BCUT2D eigenvalue weighted by atomic mass is 10.0. The van der Waals surface area contributed by atoms with E-state index in [-0.39, 0.29) is 17.9 Å². The van der Waals surface area contributed by atoms with Crippen molar-refractivity contribution >= 4 is 11.9 Å². The van der Waals surface area contributed by atoms with E-state index in [9.17, 15) is 9.59 Å². The Morgan fingerprint density at radius 1 is 1.00 bits per heavy atom. The molecule has 0 heterocycles. The molecule has 0 aliphatic carbocycles. The average Bonchev–Trinajstić information content (AvgIpc) is 2.42. The van der Waals surface area contributed by atoms with Gasteiger partial charge in [0.15, 0.2) is 11.5 Å². The number of hydrogen-bond donors (Lipinski definition) is 0. The molecule has 0 spiro atoms. The first-order valence-electron chi connectivity index (χ1n) is 7.13. The molecule has 0 radical (unpaired) electrons. The summed E-state index contributed by atoms with van der Waals surface area (Å²) < 4.78 is 10.6. The molecule has 0 aliphatic rings. The second-order valence-electron chi connectivity index (χ2n) is 4.61. The van der Waals surface area contributed by atoms with Gasteiger partial charge in [0.2, 0.25) is 0 Å². The molecule has 0 atom stereocenters. The van der Waals surface area contributed by atoms with E-state index in [2.05, 4.69) is 0 Å². The molecule has 0 aliphatic heterocycles. The lowest BCUT2D eigenvalue weighted by molar-refractivity contribution is -0.140. The fourth-order valence-corrected chi connectivity index (χ4v) is 1.81. The molecule has 0 amide bonds. The van der Waals surface area contributed by atoms with Gasteiger partial charge in [-0.2, -0.15) is 0 Å². The largest absolute Gasteiger partial charge is 0.423 e. The Kier molecular flexibility index (Phi) is 6.77. The quantitative estimate of drug-likeness (QED) is 0.563. The van der Waals surface area contributed by atoms with Crippen molar-refractivity contribution in [2.45, 2.75) is 46.5 Å². The molecule has 0 N–H and O–H groups in total. The van der Waals surface area contributed by atoms with Crippen molar-refractivity contribution in [1.82, 2.24) is 0 Å². The molecule has 0 bridgehead atoms. The van der Waals surface area contributed by atoms with E-state index in [0.717, 1.165) is 12.8 Å². The van der Waals surface area contributed by atoms with Crippen LogP contribution in [-0.4, -0.2) is 11.9 Å². The standard InChI is InChI=1S/C16H22O4/c1-4-9-15(17)19-13-10-7-8-11-14(13)20-16(18)12(5-2)6-3/h7-8,10-12H,4-6,9H2,1-3H3. The van der Waals surface area contributed by atoms with Crippen LogP contribution in [0.1, 0.15) is 46.5 Å². The van der Waals surface area contributed by atoms with E-state index in [1.807, 2.05) is 20.8 Å². The van der Waals surface area contributed by atoms with Crippen LogP contribution in [0.15, 0.2) is 24.3 Å². The molecule has 1 rings (SSSR count).